The second kappa shape index (κ2) is 19.0. The van der Waals surface area contributed by atoms with Crippen molar-refractivity contribution in [1.29, 1.82) is 0 Å². The normalized spacial score (nSPS) is 17.5. The molecular formula is C65H71N3O2Pt. The van der Waals surface area contributed by atoms with E-state index in [0.29, 0.717) is 17.4 Å². The number of nitrogens with zero attached hydrogens (tertiary/aromatic N) is 3. The summed E-state index contributed by atoms with van der Waals surface area (Å²) in [5.41, 5.74) is 11.3. The summed E-state index contributed by atoms with van der Waals surface area (Å²) in [7, 11) is 0. The quantitative estimate of drug-likeness (QED) is 0.128. The third-order valence-corrected chi connectivity index (χ3v) is 15.0. The van der Waals surface area contributed by atoms with Crippen LogP contribution in [-0.4, -0.2) is 26.6 Å². The minimum Gasteiger partial charge on any atom is -0.511 e. The van der Waals surface area contributed by atoms with E-state index in [9.17, 15) is 0 Å². The molecule has 0 saturated heterocycles. The maximum absolute atomic E-state index is 7.40. The van der Waals surface area contributed by atoms with Gasteiger partial charge < -0.3 is 14.0 Å². The van der Waals surface area contributed by atoms with Gasteiger partial charge in [-0.2, -0.15) is 0 Å². The third kappa shape index (κ3) is 9.57. The topological polar surface area (TPSA) is 48.6 Å². The summed E-state index contributed by atoms with van der Waals surface area (Å²) in [6, 6.07) is 55.6. The van der Waals surface area contributed by atoms with E-state index in [1.165, 1.54) is 33.4 Å². The Morgan fingerprint density at radius 3 is 1.85 bits per heavy atom. The molecule has 0 fully saturated rings. The molecular weight excluding hydrogens is 1050 g/mol. The van der Waals surface area contributed by atoms with Gasteiger partial charge >= 0.3 is 21.1 Å². The molecule has 0 unspecified atom stereocenters. The molecule has 3 heterocycles. The van der Waals surface area contributed by atoms with Crippen molar-refractivity contribution in [2.24, 2.45) is 10.9 Å². The van der Waals surface area contributed by atoms with Crippen LogP contribution < -0.4 is 4.74 Å². The summed E-state index contributed by atoms with van der Waals surface area (Å²) in [6.45, 7) is 34.0. The Hall–Kier alpha value is -5.77. The largest absolute Gasteiger partial charge is 2.00 e. The second-order valence-electron chi connectivity index (χ2n) is 23.7. The van der Waals surface area contributed by atoms with Crippen molar-refractivity contribution in [2.45, 2.75) is 143 Å². The van der Waals surface area contributed by atoms with E-state index in [-0.39, 0.29) is 55.1 Å². The summed E-state index contributed by atoms with van der Waals surface area (Å²) in [5, 5.41) is 2.26. The van der Waals surface area contributed by atoms with Crippen molar-refractivity contribution in [1.82, 2.24) is 9.55 Å². The van der Waals surface area contributed by atoms with Crippen LogP contribution in [0.15, 0.2) is 145 Å². The van der Waals surface area contributed by atoms with Crippen LogP contribution in [0.4, 0.5) is 0 Å². The van der Waals surface area contributed by atoms with E-state index in [0.717, 1.165) is 44.3 Å². The van der Waals surface area contributed by atoms with Gasteiger partial charge in [-0.15, -0.1) is 29.8 Å². The summed E-state index contributed by atoms with van der Waals surface area (Å²) >= 11 is 0. The monoisotopic (exact) mass is 1120 g/mol. The zero-order chi connectivity index (χ0) is 50.1. The Morgan fingerprint density at radius 1 is 0.620 bits per heavy atom. The molecule has 368 valence electrons. The molecule has 9 rings (SSSR count). The summed E-state index contributed by atoms with van der Waals surface area (Å²) in [6.07, 6.45) is 1.88. The van der Waals surface area contributed by atoms with Crippen LogP contribution in [0.3, 0.4) is 0 Å². The number of aromatic nitrogens is 2. The second-order valence-corrected chi connectivity index (χ2v) is 23.7. The van der Waals surface area contributed by atoms with Crippen molar-refractivity contribution in [3.05, 3.63) is 191 Å². The van der Waals surface area contributed by atoms with Crippen molar-refractivity contribution in [3.8, 4) is 28.3 Å². The number of aliphatic imine (C=N–C) groups is 1. The molecule has 6 heteroatoms. The first-order valence-corrected chi connectivity index (χ1v) is 25.2. The minimum atomic E-state index is -0.718. The van der Waals surface area contributed by atoms with Crippen molar-refractivity contribution < 1.29 is 30.5 Å². The van der Waals surface area contributed by atoms with Gasteiger partial charge in [0.15, 0.2) is 0 Å². The number of ether oxygens (including phenoxy) is 2. The van der Waals surface area contributed by atoms with Gasteiger partial charge in [-0.1, -0.05) is 204 Å². The Kier molecular flexibility index (Phi) is 13.8. The molecule has 0 N–H and O–H groups in total. The maximum Gasteiger partial charge on any atom is 2.00 e. The van der Waals surface area contributed by atoms with Crippen LogP contribution in [0.2, 0.25) is 0 Å². The molecule has 1 aliphatic heterocycles. The molecule has 1 aliphatic rings. The van der Waals surface area contributed by atoms with Crippen LogP contribution >= 0.6 is 0 Å². The zero-order valence-electron chi connectivity index (χ0n) is 44.5. The standard InChI is InChI=1S/C65H71N3O2.Pt/c1-41(2)52-28-22-30-55(63(11,12)13)57(52)45-34-46(60-67-64(14,65(15,70-60)42(3)4)58(43-24-18-16-19-25-43)44-26-20-17-21-27-44)36-50(35-45)69-51-38-48(62(8,9)10)37-49(40-51)68-56-32-31-47(61(5,6)7)39-54(56)53-29-23-33-66-59(53)68;/h16-35,37-39,41-42,58H,1-15H3;/q-2;+2/t64-,65-;/m1./s1. The molecule has 0 radical (unpaired) electrons. The fraction of sp³-hybridized carbons (Fsp3) is 0.354. The Balaban J connectivity index is 0.00000676. The van der Waals surface area contributed by atoms with E-state index in [1.807, 2.05) is 12.3 Å². The van der Waals surface area contributed by atoms with Gasteiger partial charge in [-0.05, 0) is 99.6 Å². The van der Waals surface area contributed by atoms with Crippen molar-refractivity contribution in [2.75, 3.05) is 0 Å². The van der Waals surface area contributed by atoms with Gasteiger partial charge in [-0.3, -0.25) is 4.99 Å². The smallest absolute Gasteiger partial charge is 0.511 e. The van der Waals surface area contributed by atoms with Crippen LogP contribution in [0.1, 0.15) is 155 Å². The van der Waals surface area contributed by atoms with E-state index in [1.54, 1.807) is 0 Å². The molecule has 0 amide bonds. The van der Waals surface area contributed by atoms with Crippen molar-refractivity contribution >= 4 is 27.8 Å². The Morgan fingerprint density at radius 2 is 1.25 bits per heavy atom. The molecule has 2 atom stereocenters. The predicted molar refractivity (Wildman–Crippen MR) is 292 cm³/mol. The van der Waals surface area contributed by atoms with E-state index in [4.69, 9.17) is 19.5 Å². The molecule has 0 bridgehead atoms. The SMILES string of the molecule is CC(C)c1cccc(C(C)(C)C)c1-c1cc(Oc2[c-]c(-n3c4ccc(C(C)(C)C)cc4c4cccnc43)cc(C(C)(C)C)c2)[c-]c(C2=N[C@](C)(C(c3ccccc3)c3ccccc3)[C@@](C)(C(C)C)O2)c1.[Pt+2]. The zero-order valence-corrected chi connectivity index (χ0v) is 46.8. The summed E-state index contributed by atoms with van der Waals surface area (Å²) < 4.78 is 16.8. The number of benzene rings is 6. The van der Waals surface area contributed by atoms with Gasteiger partial charge in [0.1, 0.15) is 22.7 Å². The fourth-order valence-corrected chi connectivity index (χ4v) is 10.6. The van der Waals surface area contributed by atoms with Gasteiger partial charge in [0, 0.05) is 34.4 Å². The third-order valence-electron chi connectivity index (χ3n) is 15.0. The summed E-state index contributed by atoms with van der Waals surface area (Å²) in [4.78, 5) is 10.8. The van der Waals surface area contributed by atoms with Gasteiger partial charge in [-0.25, -0.2) is 4.98 Å². The first-order valence-electron chi connectivity index (χ1n) is 25.2. The first kappa shape index (κ1) is 51.6. The number of rotatable bonds is 10. The van der Waals surface area contributed by atoms with Gasteiger partial charge in [0.05, 0.1) is 5.52 Å². The molecule has 0 spiro atoms. The average molecular weight is 1120 g/mol. The molecule has 0 saturated carbocycles. The predicted octanol–water partition coefficient (Wildman–Crippen LogP) is 17.0. The number of fused-ring (bicyclic) bond motifs is 3. The number of hydrogen-bond acceptors (Lipinski definition) is 4. The van der Waals surface area contributed by atoms with Gasteiger partial charge in [0.2, 0.25) is 0 Å². The van der Waals surface area contributed by atoms with E-state index in [2.05, 4.69) is 248 Å². The van der Waals surface area contributed by atoms with Crippen LogP contribution in [-0.2, 0) is 42.0 Å². The molecule has 0 aliphatic carbocycles. The first-order chi connectivity index (χ1) is 33.0. The van der Waals surface area contributed by atoms with E-state index < -0.39 is 11.1 Å². The molecule has 6 aromatic carbocycles. The minimum absolute atomic E-state index is 0. The van der Waals surface area contributed by atoms with Crippen LogP contribution in [0.25, 0.3) is 38.8 Å². The molecule has 71 heavy (non-hydrogen) atoms. The van der Waals surface area contributed by atoms with Crippen LogP contribution in [0.5, 0.6) is 11.5 Å². The molecule has 2 aromatic heterocycles. The molecule has 5 nitrogen and oxygen atoms in total. The van der Waals surface area contributed by atoms with Crippen LogP contribution in [0, 0.1) is 18.1 Å². The number of pyridine rings is 1. The van der Waals surface area contributed by atoms with Gasteiger partial charge in [0.25, 0.3) is 0 Å². The molecule has 8 aromatic rings. The number of hydrogen-bond donors (Lipinski definition) is 0. The average Bonchev–Trinajstić information content (AvgIpc) is 3.79. The Bertz CT molecular complexity index is 3220. The van der Waals surface area contributed by atoms with E-state index >= 15 is 0 Å². The maximum atomic E-state index is 7.40. The summed E-state index contributed by atoms with van der Waals surface area (Å²) in [5.74, 6) is 1.97. The fourth-order valence-electron chi connectivity index (χ4n) is 10.6. The van der Waals surface area contributed by atoms with Crippen molar-refractivity contribution in [3.63, 3.8) is 0 Å². The Labute approximate surface area is 438 Å².